The summed E-state index contributed by atoms with van der Waals surface area (Å²) in [6.07, 6.45) is 1.60. The molecule has 0 amide bonds. The highest BCUT2D eigenvalue weighted by molar-refractivity contribution is 5.49. The van der Waals surface area contributed by atoms with Gasteiger partial charge in [-0.3, -0.25) is 5.43 Å². The molecule has 1 aromatic heterocycles. The van der Waals surface area contributed by atoms with E-state index in [1.807, 2.05) is 13.8 Å². The van der Waals surface area contributed by atoms with Gasteiger partial charge in [-0.25, -0.2) is 10.8 Å². The van der Waals surface area contributed by atoms with E-state index in [-0.39, 0.29) is 18.8 Å². The molecule has 0 radical (unpaired) electrons. The summed E-state index contributed by atoms with van der Waals surface area (Å²) in [6, 6.07) is 0. The summed E-state index contributed by atoms with van der Waals surface area (Å²) < 4.78 is 5.61. The molecule has 2 unspecified atom stereocenters. The van der Waals surface area contributed by atoms with Crippen molar-refractivity contribution in [3.05, 3.63) is 11.8 Å². The van der Waals surface area contributed by atoms with E-state index in [0.717, 1.165) is 17.9 Å². The van der Waals surface area contributed by atoms with Crippen molar-refractivity contribution in [3.8, 4) is 0 Å². The first-order valence-electron chi connectivity index (χ1n) is 5.95. The number of nitrogens with one attached hydrogen (secondary N) is 1. The predicted octanol–water partition coefficient (Wildman–Crippen LogP) is -0.343. The van der Waals surface area contributed by atoms with Gasteiger partial charge < -0.3 is 14.7 Å². The number of nitrogens with two attached hydrogens (primary N) is 1. The summed E-state index contributed by atoms with van der Waals surface area (Å²) in [5.74, 6) is 6.53. The Morgan fingerprint density at radius 3 is 3.06 bits per heavy atom. The lowest BCUT2D eigenvalue weighted by atomic mass is 10.2. The van der Waals surface area contributed by atoms with Crippen LogP contribution in [0.5, 0.6) is 0 Å². The van der Waals surface area contributed by atoms with Gasteiger partial charge in [0.05, 0.1) is 18.8 Å². The zero-order valence-electron chi connectivity index (χ0n) is 10.6. The summed E-state index contributed by atoms with van der Waals surface area (Å²) in [5, 5.41) is 9.23. The number of hydrogen-bond donors (Lipinski definition) is 3. The second kappa shape index (κ2) is 5.47. The molecule has 2 heterocycles. The van der Waals surface area contributed by atoms with Crippen LogP contribution in [-0.4, -0.2) is 47.0 Å². The number of nitrogen functional groups attached to an aromatic ring is 1. The second-order valence-electron chi connectivity index (χ2n) is 4.50. The minimum Gasteiger partial charge on any atom is -0.394 e. The topological polar surface area (TPSA) is 96.5 Å². The Labute approximate surface area is 106 Å². The van der Waals surface area contributed by atoms with E-state index in [2.05, 4.69) is 20.3 Å². The monoisotopic (exact) mass is 253 g/mol. The average Bonchev–Trinajstić information content (AvgIpc) is 2.38. The number of nitrogens with zero attached hydrogens (tertiary/aromatic N) is 3. The van der Waals surface area contributed by atoms with Crippen molar-refractivity contribution in [2.24, 2.45) is 5.84 Å². The normalized spacial score (nSPS) is 24.1. The number of aliphatic hydroxyl groups is 1. The lowest BCUT2D eigenvalue weighted by Gasteiger charge is -2.37. The maximum absolute atomic E-state index is 9.23. The first-order chi connectivity index (χ1) is 8.63. The molecule has 0 bridgehead atoms. The number of rotatable bonds is 3. The molecular weight excluding hydrogens is 234 g/mol. The quantitative estimate of drug-likeness (QED) is 0.500. The van der Waals surface area contributed by atoms with Gasteiger partial charge in [0.1, 0.15) is 5.82 Å². The molecule has 7 heteroatoms. The fraction of sp³-hybridized carbons (Fsp3) is 0.636. The molecule has 1 fully saturated rings. The van der Waals surface area contributed by atoms with Gasteiger partial charge in [-0.2, -0.15) is 4.98 Å². The van der Waals surface area contributed by atoms with Crippen LogP contribution in [0.2, 0.25) is 0 Å². The van der Waals surface area contributed by atoms with Crippen molar-refractivity contribution < 1.29 is 9.84 Å². The molecule has 1 aliphatic rings. The molecule has 7 nitrogen and oxygen atoms in total. The van der Waals surface area contributed by atoms with Crippen molar-refractivity contribution >= 4 is 11.8 Å². The van der Waals surface area contributed by atoms with Crippen LogP contribution in [0.3, 0.4) is 0 Å². The number of ether oxygens (including phenoxy) is 1. The molecule has 0 aliphatic carbocycles. The molecular formula is C11H19N5O2. The van der Waals surface area contributed by atoms with Crippen LogP contribution in [0.15, 0.2) is 6.20 Å². The van der Waals surface area contributed by atoms with Crippen LogP contribution in [0, 0.1) is 6.92 Å². The zero-order chi connectivity index (χ0) is 13.1. The molecule has 1 aromatic rings. The maximum atomic E-state index is 9.23. The van der Waals surface area contributed by atoms with Crippen LogP contribution >= 0.6 is 0 Å². The van der Waals surface area contributed by atoms with Gasteiger partial charge in [-0.1, -0.05) is 0 Å². The summed E-state index contributed by atoms with van der Waals surface area (Å²) in [4.78, 5) is 10.5. The van der Waals surface area contributed by atoms with Crippen LogP contribution < -0.4 is 16.2 Å². The van der Waals surface area contributed by atoms with Gasteiger partial charge in [0, 0.05) is 24.8 Å². The van der Waals surface area contributed by atoms with Gasteiger partial charge in [-0.05, 0) is 13.8 Å². The third-order valence-corrected chi connectivity index (χ3v) is 2.90. The van der Waals surface area contributed by atoms with Gasteiger partial charge in [0.2, 0.25) is 5.95 Å². The number of anilines is 2. The summed E-state index contributed by atoms with van der Waals surface area (Å²) in [7, 11) is 0. The Bertz CT molecular complexity index is 414. The summed E-state index contributed by atoms with van der Waals surface area (Å²) in [5.41, 5.74) is 3.41. The molecule has 0 aromatic carbocycles. The van der Waals surface area contributed by atoms with Crippen molar-refractivity contribution in [1.29, 1.82) is 0 Å². The summed E-state index contributed by atoms with van der Waals surface area (Å²) in [6.45, 7) is 5.28. The largest absolute Gasteiger partial charge is 0.394 e. The van der Waals surface area contributed by atoms with Crippen LogP contribution in [-0.2, 0) is 4.74 Å². The fourth-order valence-electron chi connectivity index (χ4n) is 2.14. The van der Waals surface area contributed by atoms with Crippen molar-refractivity contribution in [2.75, 3.05) is 30.0 Å². The zero-order valence-corrected chi connectivity index (χ0v) is 10.6. The van der Waals surface area contributed by atoms with E-state index >= 15 is 0 Å². The fourth-order valence-corrected chi connectivity index (χ4v) is 2.14. The Kier molecular flexibility index (Phi) is 3.95. The predicted molar refractivity (Wildman–Crippen MR) is 68.2 cm³/mol. The number of morpholine rings is 1. The standard InChI is InChI=1S/C11H19N5O2/c1-7-3-13-11(15-12)14-10(7)16-4-8(2)18-9(5-16)6-17/h3,8-9,17H,4-6,12H2,1-2H3,(H,13,14,15). The molecule has 18 heavy (non-hydrogen) atoms. The molecule has 1 saturated heterocycles. The number of aliphatic hydroxyl groups excluding tert-OH is 1. The summed E-state index contributed by atoms with van der Waals surface area (Å²) >= 11 is 0. The first-order valence-corrected chi connectivity index (χ1v) is 5.95. The Hall–Kier alpha value is -1.44. The second-order valence-corrected chi connectivity index (χ2v) is 4.50. The SMILES string of the molecule is Cc1cnc(NN)nc1N1CC(C)OC(CO)C1. The molecule has 1 aliphatic heterocycles. The highest BCUT2D eigenvalue weighted by Crippen LogP contribution is 2.22. The van der Waals surface area contributed by atoms with E-state index in [1.165, 1.54) is 0 Å². The Morgan fingerprint density at radius 2 is 2.39 bits per heavy atom. The maximum Gasteiger partial charge on any atom is 0.239 e. The number of hydrogen-bond acceptors (Lipinski definition) is 7. The number of aromatic nitrogens is 2. The minimum atomic E-state index is -0.183. The van der Waals surface area contributed by atoms with Crippen molar-refractivity contribution in [1.82, 2.24) is 9.97 Å². The third-order valence-electron chi connectivity index (χ3n) is 2.90. The van der Waals surface area contributed by atoms with Crippen LogP contribution in [0.25, 0.3) is 0 Å². The number of aryl methyl sites for hydroxylation is 1. The van der Waals surface area contributed by atoms with Gasteiger partial charge in [-0.15, -0.1) is 0 Å². The van der Waals surface area contributed by atoms with Crippen molar-refractivity contribution in [2.45, 2.75) is 26.1 Å². The molecule has 4 N–H and O–H groups in total. The third kappa shape index (κ3) is 2.69. The molecule has 2 rings (SSSR count). The molecule has 2 atom stereocenters. The lowest BCUT2D eigenvalue weighted by molar-refractivity contribution is -0.0423. The van der Waals surface area contributed by atoms with Gasteiger partial charge in [0.25, 0.3) is 0 Å². The van der Waals surface area contributed by atoms with E-state index in [1.54, 1.807) is 6.20 Å². The average molecular weight is 253 g/mol. The van der Waals surface area contributed by atoms with E-state index < -0.39 is 0 Å². The van der Waals surface area contributed by atoms with Crippen LogP contribution in [0.4, 0.5) is 11.8 Å². The van der Waals surface area contributed by atoms with Gasteiger partial charge >= 0.3 is 0 Å². The highest BCUT2D eigenvalue weighted by Gasteiger charge is 2.26. The minimum absolute atomic E-state index is 0.00691. The van der Waals surface area contributed by atoms with Gasteiger partial charge in [0.15, 0.2) is 0 Å². The first kappa shape index (κ1) is 13.0. The molecule has 0 spiro atoms. The Balaban J connectivity index is 2.24. The Morgan fingerprint density at radius 1 is 1.61 bits per heavy atom. The number of hydrazine groups is 1. The highest BCUT2D eigenvalue weighted by atomic mass is 16.5. The van der Waals surface area contributed by atoms with Crippen molar-refractivity contribution in [3.63, 3.8) is 0 Å². The molecule has 100 valence electrons. The van der Waals surface area contributed by atoms with E-state index in [4.69, 9.17) is 10.6 Å². The lowest BCUT2D eigenvalue weighted by Crippen LogP contribution is -2.48. The van der Waals surface area contributed by atoms with E-state index in [0.29, 0.717) is 12.5 Å². The smallest absolute Gasteiger partial charge is 0.239 e. The molecule has 0 saturated carbocycles. The van der Waals surface area contributed by atoms with Crippen LogP contribution in [0.1, 0.15) is 12.5 Å². The van der Waals surface area contributed by atoms with E-state index in [9.17, 15) is 5.11 Å².